The lowest BCUT2D eigenvalue weighted by Gasteiger charge is -2.37. The van der Waals surface area contributed by atoms with E-state index in [9.17, 15) is 9.59 Å². The van der Waals surface area contributed by atoms with E-state index in [4.69, 9.17) is 9.47 Å². The molecule has 0 radical (unpaired) electrons. The summed E-state index contributed by atoms with van der Waals surface area (Å²) in [6.45, 7) is 6.64. The average molecular weight is 381 g/mol. The van der Waals surface area contributed by atoms with Crippen molar-refractivity contribution in [1.82, 2.24) is 20.0 Å². The number of rotatable bonds is 4. The summed E-state index contributed by atoms with van der Waals surface area (Å²) in [4.78, 5) is 34.8. The van der Waals surface area contributed by atoms with Crippen molar-refractivity contribution in [3.05, 3.63) is 0 Å². The summed E-state index contributed by atoms with van der Waals surface area (Å²) in [6.07, 6.45) is 1.99. The maximum Gasteiger partial charge on any atom is 0.251 e. The van der Waals surface area contributed by atoms with Gasteiger partial charge in [-0.05, 0) is 12.8 Å². The van der Waals surface area contributed by atoms with Crippen molar-refractivity contribution < 1.29 is 19.1 Å². The average Bonchev–Trinajstić information content (AvgIpc) is 3.26. The molecule has 9 nitrogen and oxygen atoms in total. The molecule has 1 atom stereocenters. The topological polar surface area (TPSA) is 86.7 Å². The number of aliphatic imine (C=N–C) groups is 1. The van der Waals surface area contributed by atoms with Gasteiger partial charge < -0.3 is 29.5 Å². The molecule has 0 spiro atoms. The molecule has 9 heteroatoms. The highest BCUT2D eigenvalue weighted by atomic mass is 16.5. The first kappa shape index (κ1) is 19.9. The Morgan fingerprint density at radius 2 is 1.70 bits per heavy atom. The predicted octanol–water partition coefficient (Wildman–Crippen LogP) is -0.866. The number of carbonyl (C=O) groups excluding carboxylic acids is 2. The molecule has 0 aromatic heterocycles. The van der Waals surface area contributed by atoms with Gasteiger partial charge in [0.15, 0.2) is 5.96 Å². The smallest absolute Gasteiger partial charge is 0.251 e. The van der Waals surface area contributed by atoms with Crippen molar-refractivity contribution in [2.24, 2.45) is 4.99 Å². The van der Waals surface area contributed by atoms with E-state index < -0.39 is 0 Å². The highest BCUT2D eigenvalue weighted by Crippen LogP contribution is 2.16. The van der Waals surface area contributed by atoms with Crippen molar-refractivity contribution >= 4 is 17.8 Å². The van der Waals surface area contributed by atoms with E-state index in [0.29, 0.717) is 59.0 Å². The molecule has 3 rings (SSSR count). The fourth-order valence-electron chi connectivity index (χ4n) is 3.70. The van der Waals surface area contributed by atoms with Gasteiger partial charge in [-0.1, -0.05) is 0 Å². The molecular formula is C18H31N5O4. The fraction of sp³-hybridized carbons (Fsp3) is 0.833. The molecule has 0 aromatic carbocycles. The minimum atomic E-state index is -0.250. The molecule has 0 aliphatic carbocycles. The summed E-state index contributed by atoms with van der Waals surface area (Å²) in [7, 11) is 1.75. The number of morpholine rings is 1. The lowest BCUT2D eigenvalue weighted by molar-refractivity contribution is -0.142. The van der Waals surface area contributed by atoms with Crippen LogP contribution in [0.4, 0.5) is 0 Å². The van der Waals surface area contributed by atoms with Crippen LogP contribution < -0.4 is 5.32 Å². The highest BCUT2D eigenvalue weighted by Gasteiger charge is 2.30. The zero-order valence-electron chi connectivity index (χ0n) is 16.2. The molecule has 152 valence electrons. The van der Waals surface area contributed by atoms with E-state index >= 15 is 0 Å². The second-order valence-electron chi connectivity index (χ2n) is 7.03. The van der Waals surface area contributed by atoms with Crippen LogP contribution in [0.15, 0.2) is 4.99 Å². The summed E-state index contributed by atoms with van der Waals surface area (Å²) in [5, 5.41) is 3.28. The number of guanidine groups is 1. The van der Waals surface area contributed by atoms with Crippen LogP contribution in [0.25, 0.3) is 0 Å². The van der Waals surface area contributed by atoms with E-state index in [-0.39, 0.29) is 17.9 Å². The van der Waals surface area contributed by atoms with Gasteiger partial charge in [-0.25, -0.2) is 0 Å². The first-order valence-electron chi connectivity index (χ1n) is 9.90. The molecule has 0 aromatic rings. The molecule has 3 aliphatic rings. The maximum absolute atomic E-state index is 12.4. The van der Waals surface area contributed by atoms with E-state index in [1.165, 1.54) is 0 Å². The Bertz CT molecular complexity index is 536. The van der Waals surface area contributed by atoms with Crippen LogP contribution in [0, 0.1) is 0 Å². The zero-order valence-corrected chi connectivity index (χ0v) is 16.2. The number of nitrogens with one attached hydrogen (secondary N) is 1. The second-order valence-corrected chi connectivity index (χ2v) is 7.03. The van der Waals surface area contributed by atoms with E-state index in [1.54, 1.807) is 7.05 Å². The van der Waals surface area contributed by atoms with Crippen LogP contribution in [0.5, 0.6) is 0 Å². The molecule has 0 bridgehead atoms. The third-order valence-corrected chi connectivity index (χ3v) is 5.29. The molecule has 2 amide bonds. The fourth-order valence-corrected chi connectivity index (χ4v) is 3.70. The van der Waals surface area contributed by atoms with E-state index in [1.807, 2.05) is 9.80 Å². The Labute approximate surface area is 160 Å². The predicted molar refractivity (Wildman–Crippen MR) is 101 cm³/mol. The number of nitrogens with zero attached hydrogens (tertiary/aromatic N) is 4. The lowest BCUT2D eigenvalue weighted by Crippen LogP contribution is -2.55. The van der Waals surface area contributed by atoms with Gasteiger partial charge in [0.05, 0.1) is 13.2 Å². The van der Waals surface area contributed by atoms with Crippen molar-refractivity contribution in [2.75, 3.05) is 72.7 Å². The van der Waals surface area contributed by atoms with Gasteiger partial charge in [0, 0.05) is 65.9 Å². The third-order valence-electron chi connectivity index (χ3n) is 5.29. The van der Waals surface area contributed by atoms with Gasteiger partial charge in [-0.2, -0.15) is 0 Å². The third kappa shape index (κ3) is 5.32. The van der Waals surface area contributed by atoms with Gasteiger partial charge in [-0.3, -0.25) is 14.6 Å². The van der Waals surface area contributed by atoms with Crippen LogP contribution in [0.1, 0.15) is 19.3 Å². The molecule has 3 saturated heterocycles. The molecule has 3 fully saturated rings. The molecule has 1 N–H and O–H groups in total. The second kappa shape index (κ2) is 9.89. The van der Waals surface area contributed by atoms with Crippen LogP contribution in [-0.4, -0.2) is 111 Å². The zero-order chi connectivity index (χ0) is 19.1. The molecular weight excluding hydrogens is 350 g/mol. The van der Waals surface area contributed by atoms with Gasteiger partial charge in [0.1, 0.15) is 6.10 Å². The normalized spacial score (nSPS) is 24.3. The van der Waals surface area contributed by atoms with Crippen molar-refractivity contribution in [3.63, 3.8) is 0 Å². The molecule has 3 aliphatic heterocycles. The number of amides is 2. The summed E-state index contributed by atoms with van der Waals surface area (Å²) >= 11 is 0. The Hall–Kier alpha value is -1.87. The largest absolute Gasteiger partial charge is 0.378 e. The highest BCUT2D eigenvalue weighted by molar-refractivity contribution is 5.83. The van der Waals surface area contributed by atoms with Crippen molar-refractivity contribution in [1.29, 1.82) is 0 Å². The number of hydrogen-bond donors (Lipinski definition) is 1. The quantitative estimate of drug-likeness (QED) is 0.504. The first-order chi connectivity index (χ1) is 13.2. The summed E-state index contributed by atoms with van der Waals surface area (Å²) < 4.78 is 10.8. The monoisotopic (exact) mass is 381 g/mol. The van der Waals surface area contributed by atoms with E-state index in [0.717, 1.165) is 31.9 Å². The minimum absolute atomic E-state index is 0.117. The van der Waals surface area contributed by atoms with Gasteiger partial charge in [-0.15, -0.1) is 0 Å². The summed E-state index contributed by atoms with van der Waals surface area (Å²) in [5.74, 6) is 1.05. The van der Waals surface area contributed by atoms with Crippen molar-refractivity contribution in [3.8, 4) is 0 Å². The standard InChI is InChI=1S/C18H31N5O4/c1-19-18(20-5-4-16(24)21-10-13-26-14-11-21)23-8-6-22(7-9-23)17(25)15-3-2-12-27-15/h15H,2-14H2,1H3,(H,19,20). The van der Waals surface area contributed by atoms with Gasteiger partial charge in [0.2, 0.25) is 5.91 Å². The van der Waals surface area contributed by atoms with Crippen LogP contribution in [-0.2, 0) is 19.1 Å². The van der Waals surface area contributed by atoms with Crippen LogP contribution in [0.2, 0.25) is 0 Å². The Balaban J connectivity index is 1.38. The van der Waals surface area contributed by atoms with E-state index in [2.05, 4.69) is 15.2 Å². The number of ether oxygens (including phenoxy) is 2. The SMILES string of the molecule is CN=C(NCCC(=O)N1CCOCC1)N1CCN(C(=O)C2CCCO2)CC1. The van der Waals surface area contributed by atoms with Gasteiger partial charge >= 0.3 is 0 Å². The molecule has 1 unspecified atom stereocenters. The summed E-state index contributed by atoms with van der Waals surface area (Å²) in [5.41, 5.74) is 0. The molecule has 3 heterocycles. The molecule has 0 saturated carbocycles. The maximum atomic E-state index is 12.4. The number of carbonyl (C=O) groups is 2. The summed E-state index contributed by atoms with van der Waals surface area (Å²) in [6, 6.07) is 0. The lowest BCUT2D eigenvalue weighted by atomic mass is 10.2. The number of piperazine rings is 1. The first-order valence-corrected chi connectivity index (χ1v) is 9.90. The Morgan fingerprint density at radius 3 is 2.33 bits per heavy atom. The van der Waals surface area contributed by atoms with Crippen molar-refractivity contribution in [2.45, 2.75) is 25.4 Å². The van der Waals surface area contributed by atoms with Gasteiger partial charge in [0.25, 0.3) is 5.91 Å². The number of hydrogen-bond acceptors (Lipinski definition) is 5. The minimum Gasteiger partial charge on any atom is -0.378 e. The van der Waals surface area contributed by atoms with Crippen LogP contribution in [0.3, 0.4) is 0 Å². The van der Waals surface area contributed by atoms with Crippen LogP contribution >= 0.6 is 0 Å². The Kier molecular flexibility index (Phi) is 7.28. The molecule has 27 heavy (non-hydrogen) atoms. The Morgan fingerprint density at radius 1 is 1.00 bits per heavy atom.